The highest BCUT2D eigenvalue weighted by molar-refractivity contribution is 6.11. The summed E-state index contributed by atoms with van der Waals surface area (Å²) in [6, 6.07) is 0. The molecular formula is C10H14O6. The number of esters is 2. The number of carbonyl (C=O) groups excluding carboxylic acids is 2. The van der Waals surface area contributed by atoms with Crippen LogP contribution >= 0.6 is 0 Å². The highest BCUT2D eigenvalue weighted by atomic mass is 16.7. The van der Waals surface area contributed by atoms with Crippen molar-refractivity contribution in [1.82, 2.24) is 0 Å². The van der Waals surface area contributed by atoms with E-state index >= 15 is 0 Å². The van der Waals surface area contributed by atoms with Crippen molar-refractivity contribution >= 4 is 11.9 Å². The van der Waals surface area contributed by atoms with Crippen molar-refractivity contribution in [2.45, 2.75) is 30.7 Å². The number of epoxide rings is 1. The Kier molecular flexibility index (Phi) is 2.09. The van der Waals surface area contributed by atoms with Gasteiger partial charge in [-0.15, -0.1) is 0 Å². The summed E-state index contributed by atoms with van der Waals surface area (Å²) in [5.41, 5.74) is -3.58. The van der Waals surface area contributed by atoms with E-state index in [0.717, 1.165) is 0 Å². The minimum atomic E-state index is -1.60. The highest BCUT2D eigenvalue weighted by Crippen LogP contribution is 2.62. The zero-order chi connectivity index (χ0) is 12.2. The average molecular weight is 230 g/mol. The van der Waals surface area contributed by atoms with E-state index in [9.17, 15) is 9.59 Å². The second-order valence-corrected chi connectivity index (χ2v) is 4.36. The number of ether oxygens (including phenoxy) is 4. The molecule has 2 rings (SSSR count). The lowest BCUT2D eigenvalue weighted by atomic mass is 9.84. The maximum atomic E-state index is 11.7. The van der Waals surface area contributed by atoms with Crippen LogP contribution in [0.2, 0.25) is 0 Å². The van der Waals surface area contributed by atoms with E-state index in [4.69, 9.17) is 14.2 Å². The van der Waals surface area contributed by atoms with Gasteiger partial charge in [-0.05, 0) is 13.8 Å². The first kappa shape index (κ1) is 11.3. The van der Waals surface area contributed by atoms with Gasteiger partial charge in [-0.2, -0.15) is 0 Å². The van der Waals surface area contributed by atoms with E-state index in [-0.39, 0.29) is 6.61 Å². The van der Waals surface area contributed by atoms with Gasteiger partial charge in [-0.3, -0.25) is 0 Å². The molecule has 0 aliphatic carbocycles. The lowest BCUT2D eigenvalue weighted by Crippen LogP contribution is -2.45. The number of carbonyl (C=O) groups is 2. The fraction of sp³-hybridized carbons (Fsp3) is 0.800. The molecule has 90 valence electrons. The molecule has 2 aliphatic heterocycles. The van der Waals surface area contributed by atoms with Crippen LogP contribution in [0.5, 0.6) is 0 Å². The molecule has 6 heteroatoms. The monoisotopic (exact) mass is 230 g/mol. The molecule has 2 fully saturated rings. The molecule has 0 bridgehead atoms. The van der Waals surface area contributed by atoms with Crippen LogP contribution in [-0.2, 0) is 28.5 Å². The molecule has 0 aromatic heterocycles. The molecule has 0 radical (unpaired) electrons. The Morgan fingerprint density at radius 1 is 1.38 bits per heavy atom. The largest absolute Gasteiger partial charge is 0.466 e. The summed E-state index contributed by atoms with van der Waals surface area (Å²) >= 11 is 0. The smallest absolute Gasteiger partial charge is 0.354 e. The minimum Gasteiger partial charge on any atom is -0.466 e. The Morgan fingerprint density at radius 3 is 2.44 bits per heavy atom. The first-order valence-electron chi connectivity index (χ1n) is 4.89. The van der Waals surface area contributed by atoms with Gasteiger partial charge in [0.1, 0.15) is 0 Å². The summed E-state index contributed by atoms with van der Waals surface area (Å²) in [5.74, 6) is -1.43. The molecule has 0 aromatic rings. The molecule has 0 N–H and O–H groups in total. The molecule has 0 unspecified atom stereocenters. The number of hydrogen-bond acceptors (Lipinski definition) is 6. The third kappa shape index (κ3) is 0.940. The zero-order valence-corrected chi connectivity index (χ0v) is 9.66. The Labute approximate surface area is 92.8 Å². The second kappa shape index (κ2) is 2.95. The minimum absolute atomic E-state index is 0.161. The molecule has 2 saturated heterocycles. The van der Waals surface area contributed by atoms with Crippen LogP contribution in [-0.4, -0.2) is 49.6 Å². The number of methoxy groups -OCH3 is 2. The van der Waals surface area contributed by atoms with Crippen molar-refractivity contribution in [3.63, 3.8) is 0 Å². The van der Waals surface area contributed by atoms with Gasteiger partial charge in [0.2, 0.25) is 0 Å². The van der Waals surface area contributed by atoms with E-state index in [1.165, 1.54) is 14.2 Å². The summed E-state index contributed by atoms with van der Waals surface area (Å²) in [6.45, 7) is 3.48. The van der Waals surface area contributed by atoms with Crippen LogP contribution in [0.15, 0.2) is 0 Å². The van der Waals surface area contributed by atoms with Gasteiger partial charge < -0.3 is 18.9 Å². The predicted molar refractivity (Wildman–Crippen MR) is 50.6 cm³/mol. The quantitative estimate of drug-likeness (QED) is 0.375. The van der Waals surface area contributed by atoms with Crippen molar-refractivity contribution in [2.24, 2.45) is 0 Å². The van der Waals surface area contributed by atoms with Gasteiger partial charge in [0.25, 0.3) is 5.60 Å². The maximum absolute atomic E-state index is 11.7. The van der Waals surface area contributed by atoms with Crippen LogP contribution < -0.4 is 0 Å². The zero-order valence-electron chi connectivity index (χ0n) is 9.66. The Morgan fingerprint density at radius 2 is 2.00 bits per heavy atom. The Balaban J connectivity index is 2.37. The number of cyclic esters (lactones) is 1. The number of fused-ring (bicyclic) bond motifs is 1. The molecule has 3 atom stereocenters. The molecular weight excluding hydrogens is 216 g/mol. The first-order chi connectivity index (χ1) is 7.38. The molecule has 0 saturated carbocycles. The average Bonchev–Trinajstić information content (AvgIpc) is 2.83. The van der Waals surface area contributed by atoms with Gasteiger partial charge in [0, 0.05) is 7.11 Å². The van der Waals surface area contributed by atoms with Gasteiger partial charge in [0.15, 0.2) is 11.2 Å². The topological polar surface area (TPSA) is 74.4 Å². The van der Waals surface area contributed by atoms with Gasteiger partial charge in [-0.25, -0.2) is 9.59 Å². The third-order valence-corrected chi connectivity index (χ3v) is 3.49. The first-order valence-corrected chi connectivity index (χ1v) is 4.89. The normalized spacial score (nSPS) is 44.9. The number of rotatable bonds is 3. The summed E-state index contributed by atoms with van der Waals surface area (Å²) < 4.78 is 20.1. The van der Waals surface area contributed by atoms with Crippen LogP contribution in [0, 0.1) is 0 Å². The van der Waals surface area contributed by atoms with E-state index < -0.39 is 28.7 Å². The molecule has 16 heavy (non-hydrogen) atoms. The Bertz CT molecular complexity index is 366. The second-order valence-electron chi connectivity index (χ2n) is 4.36. The summed E-state index contributed by atoms with van der Waals surface area (Å²) in [6.07, 6.45) is 0. The van der Waals surface area contributed by atoms with Crippen LogP contribution in [0.4, 0.5) is 0 Å². The number of hydrogen-bond donors (Lipinski definition) is 0. The Hall–Kier alpha value is -1.14. The van der Waals surface area contributed by atoms with Crippen molar-refractivity contribution in [1.29, 1.82) is 0 Å². The maximum Gasteiger partial charge on any atom is 0.354 e. The standard InChI is InChI=1S/C10H14O6/c1-8(5-13-3)9(2)10(16-9,6(11)14-4)7(12)15-8/h5H2,1-4H3/t8-,9+,10-/m0/s1. The highest BCUT2D eigenvalue weighted by Gasteiger charge is 2.91. The van der Waals surface area contributed by atoms with Gasteiger partial charge in [-0.1, -0.05) is 0 Å². The fourth-order valence-electron chi connectivity index (χ4n) is 2.28. The van der Waals surface area contributed by atoms with Crippen LogP contribution in [0.3, 0.4) is 0 Å². The molecule has 2 heterocycles. The SMILES string of the molecule is COC[C@]1(C)OC(=O)[C@]2(C(=O)OC)O[C@@]21C. The molecule has 2 aliphatic rings. The molecule has 0 amide bonds. The summed E-state index contributed by atoms with van der Waals surface area (Å²) in [5, 5.41) is 0. The fourth-order valence-corrected chi connectivity index (χ4v) is 2.28. The van der Waals surface area contributed by atoms with Crippen molar-refractivity contribution in [3.05, 3.63) is 0 Å². The van der Waals surface area contributed by atoms with Crippen molar-refractivity contribution < 1.29 is 28.5 Å². The summed E-state index contributed by atoms with van der Waals surface area (Å²) in [7, 11) is 2.70. The van der Waals surface area contributed by atoms with Crippen LogP contribution in [0.25, 0.3) is 0 Å². The lowest BCUT2D eigenvalue weighted by molar-refractivity contribution is -0.176. The molecule has 6 nitrogen and oxygen atoms in total. The summed E-state index contributed by atoms with van der Waals surface area (Å²) in [4.78, 5) is 23.3. The van der Waals surface area contributed by atoms with Crippen LogP contribution in [0.1, 0.15) is 13.8 Å². The molecule has 0 aromatic carbocycles. The van der Waals surface area contributed by atoms with Gasteiger partial charge in [0.05, 0.1) is 13.7 Å². The van der Waals surface area contributed by atoms with Crippen molar-refractivity contribution in [2.75, 3.05) is 20.8 Å². The van der Waals surface area contributed by atoms with Crippen molar-refractivity contribution in [3.8, 4) is 0 Å². The van der Waals surface area contributed by atoms with E-state index in [1.807, 2.05) is 0 Å². The molecule has 0 spiro atoms. The lowest BCUT2D eigenvalue weighted by Gasteiger charge is -2.27. The predicted octanol–water partition coefficient (Wildman–Crippen LogP) is -0.351. The third-order valence-electron chi connectivity index (χ3n) is 3.49. The van der Waals surface area contributed by atoms with Gasteiger partial charge >= 0.3 is 11.9 Å². The van der Waals surface area contributed by atoms with E-state index in [2.05, 4.69) is 4.74 Å². The van der Waals surface area contributed by atoms with E-state index in [1.54, 1.807) is 13.8 Å². The van der Waals surface area contributed by atoms with E-state index in [0.29, 0.717) is 0 Å².